The molecule has 0 aromatic carbocycles. The van der Waals surface area contributed by atoms with E-state index >= 15 is 0 Å². The van der Waals surface area contributed by atoms with Crippen molar-refractivity contribution in [2.45, 2.75) is 33.1 Å². The number of nitrogens with zero attached hydrogens (tertiary/aromatic N) is 2. The monoisotopic (exact) mass is 214 g/mol. The van der Waals surface area contributed by atoms with E-state index in [1.165, 1.54) is 0 Å². The highest BCUT2D eigenvalue weighted by Crippen LogP contribution is 2.18. The number of ether oxygens (including phenoxy) is 1. The van der Waals surface area contributed by atoms with Crippen LogP contribution in [0.15, 0.2) is 6.07 Å². The lowest BCUT2D eigenvalue weighted by Gasteiger charge is -2.07. The minimum absolute atomic E-state index is 0.262. The van der Waals surface area contributed by atoms with Gasteiger partial charge in [-0.25, -0.2) is 4.98 Å². The molecule has 1 aromatic rings. The fraction of sp³-hybridized carbons (Fsp3) is 0.600. The number of aromatic nitrogens is 2. The molecule has 3 nitrogen and oxygen atoms in total. The quantitative estimate of drug-likeness (QED) is 0.723. The van der Waals surface area contributed by atoms with E-state index < -0.39 is 0 Å². The Morgan fingerprint density at radius 2 is 2.14 bits per heavy atom. The molecule has 0 aliphatic heterocycles. The van der Waals surface area contributed by atoms with Gasteiger partial charge in [0, 0.05) is 12.0 Å². The van der Waals surface area contributed by atoms with Gasteiger partial charge < -0.3 is 4.74 Å². The number of halogens is 1. The van der Waals surface area contributed by atoms with Crippen LogP contribution in [0, 0.1) is 0 Å². The second kappa shape index (κ2) is 5.15. The maximum Gasteiger partial charge on any atom is 0.218 e. The molecule has 0 bridgehead atoms. The summed E-state index contributed by atoms with van der Waals surface area (Å²) in [6, 6.07) is 1.64. The van der Waals surface area contributed by atoms with Gasteiger partial charge in [-0.3, -0.25) is 0 Å². The molecule has 4 heteroatoms. The Balaban J connectivity index is 2.84. The Morgan fingerprint density at radius 3 is 2.71 bits per heavy atom. The number of rotatable bonds is 4. The van der Waals surface area contributed by atoms with Crippen LogP contribution in [0.25, 0.3) is 0 Å². The van der Waals surface area contributed by atoms with Crippen molar-refractivity contribution in [2.24, 2.45) is 0 Å². The summed E-state index contributed by atoms with van der Waals surface area (Å²) in [6.07, 6.45) is 0.957. The average molecular weight is 215 g/mol. The molecule has 0 spiro atoms. The zero-order valence-electron chi connectivity index (χ0n) is 8.75. The Labute approximate surface area is 89.5 Å². The molecule has 0 radical (unpaired) electrons. The Bertz CT molecular complexity index is 302. The van der Waals surface area contributed by atoms with Crippen molar-refractivity contribution in [1.82, 2.24) is 9.97 Å². The molecule has 0 saturated heterocycles. The van der Waals surface area contributed by atoms with Crippen molar-refractivity contribution in [3.05, 3.63) is 17.0 Å². The molecule has 0 saturated carbocycles. The SMILES string of the molecule is CCCOc1cc(Cl)nc(C(C)C)n1. The molecule has 78 valence electrons. The van der Waals surface area contributed by atoms with E-state index in [0.717, 1.165) is 12.2 Å². The van der Waals surface area contributed by atoms with Crippen LogP contribution in [0.1, 0.15) is 38.9 Å². The second-order valence-corrected chi connectivity index (χ2v) is 3.78. The average Bonchev–Trinajstić information content (AvgIpc) is 2.14. The van der Waals surface area contributed by atoms with E-state index in [0.29, 0.717) is 17.6 Å². The van der Waals surface area contributed by atoms with Crippen molar-refractivity contribution in [1.29, 1.82) is 0 Å². The van der Waals surface area contributed by atoms with Crippen molar-refractivity contribution in [3.8, 4) is 5.88 Å². The van der Waals surface area contributed by atoms with Gasteiger partial charge in [0.1, 0.15) is 11.0 Å². The van der Waals surface area contributed by atoms with Crippen LogP contribution in [0.5, 0.6) is 5.88 Å². The van der Waals surface area contributed by atoms with E-state index in [1.54, 1.807) is 6.07 Å². The van der Waals surface area contributed by atoms with Crippen LogP contribution >= 0.6 is 11.6 Å². The smallest absolute Gasteiger partial charge is 0.218 e. The van der Waals surface area contributed by atoms with Gasteiger partial charge in [0.15, 0.2) is 0 Å². The molecule has 0 fully saturated rings. The van der Waals surface area contributed by atoms with Crippen LogP contribution in [0.2, 0.25) is 5.15 Å². The number of hydrogen-bond donors (Lipinski definition) is 0. The van der Waals surface area contributed by atoms with Gasteiger partial charge in [-0.05, 0) is 6.42 Å². The molecule has 0 unspecified atom stereocenters. The molecule has 0 aliphatic carbocycles. The van der Waals surface area contributed by atoms with Crippen molar-refractivity contribution >= 4 is 11.6 Å². The van der Waals surface area contributed by atoms with Crippen molar-refractivity contribution in [2.75, 3.05) is 6.61 Å². The standard InChI is InChI=1S/C10H15ClN2O/c1-4-5-14-9-6-8(11)12-10(13-9)7(2)3/h6-7H,4-5H2,1-3H3. The van der Waals surface area contributed by atoms with Crippen molar-refractivity contribution in [3.63, 3.8) is 0 Å². The Morgan fingerprint density at radius 1 is 1.43 bits per heavy atom. The van der Waals surface area contributed by atoms with Crippen molar-refractivity contribution < 1.29 is 4.74 Å². The highest BCUT2D eigenvalue weighted by Gasteiger charge is 2.07. The maximum atomic E-state index is 5.84. The molecule has 1 aromatic heterocycles. The van der Waals surface area contributed by atoms with Gasteiger partial charge in [0.05, 0.1) is 6.61 Å². The van der Waals surface area contributed by atoms with Crippen LogP contribution in [-0.2, 0) is 0 Å². The summed E-state index contributed by atoms with van der Waals surface area (Å²) in [5, 5.41) is 0.440. The van der Waals surface area contributed by atoms with Gasteiger partial charge >= 0.3 is 0 Å². The third-order valence-corrected chi connectivity index (χ3v) is 1.85. The molecule has 1 rings (SSSR count). The van der Waals surface area contributed by atoms with E-state index in [1.807, 2.05) is 20.8 Å². The van der Waals surface area contributed by atoms with E-state index in [4.69, 9.17) is 16.3 Å². The lowest BCUT2D eigenvalue weighted by molar-refractivity contribution is 0.303. The highest BCUT2D eigenvalue weighted by atomic mass is 35.5. The molecule has 0 N–H and O–H groups in total. The largest absolute Gasteiger partial charge is 0.478 e. The molecule has 0 amide bonds. The molecule has 14 heavy (non-hydrogen) atoms. The summed E-state index contributed by atoms with van der Waals surface area (Å²) < 4.78 is 5.39. The molecule has 0 atom stereocenters. The summed E-state index contributed by atoms with van der Waals surface area (Å²) in [6.45, 7) is 6.75. The fourth-order valence-electron chi connectivity index (χ4n) is 0.953. The van der Waals surface area contributed by atoms with E-state index in [-0.39, 0.29) is 5.92 Å². The first-order valence-electron chi connectivity index (χ1n) is 4.80. The minimum atomic E-state index is 0.262. The van der Waals surface area contributed by atoms with Gasteiger partial charge in [-0.1, -0.05) is 32.4 Å². The van der Waals surface area contributed by atoms with Gasteiger partial charge in [0.2, 0.25) is 5.88 Å². The zero-order valence-corrected chi connectivity index (χ0v) is 9.51. The summed E-state index contributed by atoms with van der Waals surface area (Å²) in [4.78, 5) is 8.37. The predicted molar refractivity (Wildman–Crippen MR) is 56.9 cm³/mol. The lowest BCUT2D eigenvalue weighted by atomic mass is 10.2. The predicted octanol–water partition coefficient (Wildman–Crippen LogP) is 3.04. The third-order valence-electron chi connectivity index (χ3n) is 1.66. The van der Waals surface area contributed by atoms with Gasteiger partial charge in [-0.2, -0.15) is 4.98 Å². The Hall–Kier alpha value is -0.830. The maximum absolute atomic E-state index is 5.84. The van der Waals surface area contributed by atoms with Crippen LogP contribution in [0.4, 0.5) is 0 Å². The topological polar surface area (TPSA) is 35.0 Å². The van der Waals surface area contributed by atoms with E-state index in [9.17, 15) is 0 Å². The first-order valence-corrected chi connectivity index (χ1v) is 5.18. The van der Waals surface area contributed by atoms with Gasteiger partial charge in [0.25, 0.3) is 0 Å². The summed E-state index contributed by atoms with van der Waals surface area (Å²) in [7, 11) is 0. The third kappa shape index (κ3) is 3.14. The second-order valence-electron chi connectivity index (χ2n) is 3.39. The first kappa shape index (κ1) is 11.2. The van der Waals surface area contributed by atoms with Gasteiger partial charge in [-0.15, -0.1) is 0 Å². The van der Waals surface area contributed by atoms with Crippen LogP contribution < -0.4 is 4.74 Å². The summed E-state index contributed by atoms with van der Waals surface area (Å²) >= 11 is 5.84. The molecular formula is C10H15ClN2O. The minimum Gasteiger partial charge on any atom is -0.478 e. The molecule has 0 aliphatic rings. The Kier molecular flexibility index (Phi) is 4.14. The zero-order chi connectivity index (χ0) is 10.6. The normalized spacial score (nSPS) is 10.6. The molecular weight excluding hydrogens is 200 g/mol. The first-order chi connectivity index (χ1) is 6.63. The number of hydrogen-bond acceptors (Lipinski definition) is 3. The highest BCUT2D eigenvalue weighted by molar-refractivity contribution is 6.29. The summed E-state index contributed by atoms with van der Waals surface area (Å²) in [5.41, 5.74) is 0. The van der Waals surface area contributed by atoms with Crippen LogP contribution in [0.3, 0.4) is 0 Å². The van der Waals surface area contributed by atoms with Crippen LogP contribution in [-0.4, -0.2) is 16.6 Å². The summed E-state index contributed by atoms with van der Waals surface area (Å²) in [5.74, 6) is 1.55. The molecule has 1 heterocycles. The fourth-order valence-corrected chi connectivity index (χ4v) is 1.13. The lowest BCUT2D eigenvalue weighted by Crippen LogP contribution is -2.03. The van der Waals surface area contributed by atoms with E-state index in [2.05, 4.69) is 9.97 Å².